The van der Waals surface area contributed by atoms with Crippen LogP contribution in [0.25, 0.3) is 0 Å². The molecule has 0 atom stereocenters. The van der Waals surface area contributed by atoms with Crippen LogP contribution in [0.5, 0.6) is 5.75 Å². The summed E-state index contributed by atoms with van der Waals surface area (Å²) in [5.41, 5.74) is 6.34. The predicted molar refractivity (Wildman–Crippen MR) is 232 cm³/mol. The first kappa shape index (κ1) is 47.0. The Morgan fingerprint density at radius 3 is 1.06 bits per heavy atom. The molecular formula is C51H88F2O. The average Bonchev–Trinajstić information content (AvgIpc) is 3.15. The molecule has 1 aromatic rings. The van der Waals surface area contributed by atoms with Crippen LogP contribution < -0.4 is 0 Å². The molecule has 1 nitrogen and oxygen atoms in total. The number of benzene rings is 1. The van der Waals surface area contributed by atoms with Crippen LogP contribution >= 0.6 is 0 Å². The van der Waals surface area contributed by atoms with Gasteiger partial charge in [0, 0.05) is 0 Å². The van der Waals surface area contributed by atoms with Crippen molar-refractivity contribution in [3.8, 4) is 5.75 Å². The fourth-order valence-corrected chi connectivity index (χ4v) is 11.8. The number of phenolic OH excluding ortho intramolecular Hbond substituents is 1. The minimum Gasteiger partial charge on any atom is -0.507 e. The van der Waals surface area contributed by atoms with Crippen LogP contribution in [0, 0.1) is 86.9 Å². The van der Waals surface area contributed by atoms with Crippen LogP contribution in [0.15, 0.2) is 12.2 Å². The van der Waals surface area contributed by atoms with Gasteiger partial charge in [0.25, 0.3) is 6.08 Å². The lowest BCUT2D eigenvalue weighted by Gasteiger charge is -2.36. The molecule has 312 valence electrons. The van der Waals surface area contributed by atoms with Crippen LogP contribution in [0.4, 0.5) is 8.78 Å². The van der Waals surface area contributed by atoms with Crippen molar-refractivity contribution in [1.82, 2.24) is 0 Å². The largest absolute Gasteiger partial charge is 0.507 e. The fraction of sp³-hybridized carbons (Fsp3) is 0.843. The summed E-state index contributed by atoms with van der Waals surface area (Å²) in [5.74, 6) is 9.74. The normalized spacial score (nSPS) is 33.0. The Morgan fingerprint density at radius 1 is 0.463 bits per heavy atom. The van der Waals surface area contributed by atoms with Crippen LogP contribution in [0.3, 0.4) is 0 Å². The number of rotatable bonds is 10. The number of hydrogen-bond acceptors (Lipinski definition) is 1. The molecule has 0 radical (unpaired) electrons. The highest BCUT2D eigenvalue weighted by molar-refractivity contribution is 5.53. The molecule has 6 rings (SSSR count). The van der Waals surface area contributed by atoms with Crippen LogP contribution in [0.2, 0.25) is 0 Å². The molecule has 5 aliphatic rings. The van der Waals surface area contributed by atoms with Gasteiger partial charge in [-0.1, -0.05) is 131 Å². The van der Waals surface area contributed by atoms with Gasteiger partial charge in [0.1, 0.15) is 5.75 Å². The molecule has 0 saturated heterocycles. The number of hydrogen-bond donors (Lipinski definition) is 1. The zero-order chi connectivity index (χ0) is 37.2. The molecule has 1 N–H and O–H groups in total. The highest BCUT2D eigenvalue weighted by atomic mass is 19.3. The lowest BCUT2D eigenvalue weighted by Crippen LogP contribution is -2.22. The second-order valence-corrected chi connectivity index (χ2v) is 19.9. The van der Waals surface area contributed by atoms with E-state index in [0.29, 0.717) is 18.1 Å². The zero-order valence-electron chi connectivity index (χ0n) is 34.7. The first-order valence-corrected chi connectivity index (χ1v) is 22.7. The highest BCUT2D eigenvalue weighted by Gasteiger charge is 2.30. The quantitative estimate of drug-likeness (QED) is 0.252. The van der Waals surface area contributed by atoms with E-state index < -0.39 is 6.08 Å². The summed E-state index contributed by atoms with van der Waals surface area (Å²) in [6.45, 7) is 13.4. The Bertz CT molecular complexity index is 1190. The van der Waals surface area contributed by atoms with Gasteiger partial charge in [0.2, 0.25) is 0 Å². The van der Waals surface area contributed by atoms with Gasteiger partial charge < -0.3 is 5.11 Å². The van der Waals surface area contributed by atoms with Crippen molar-refractivity contribution in [2.45, 2.75) is 217 Å². The lowest BCUT2D eigenvalue weighted by molar-refractivity contribution is 0.166. The van der Waals surface area contributed by atoms with Crippen LogP contribution in [-0.2, 0) is 6.42 Å². The number of phenols is 1. The van der Waals surface area contributed by atoms with E-state index in [-0.39, 0.29) is 14.9 Å². The third-order valence-corrected chi connectivity index (χ3v) is 16.0. The van der Waals surface area contributed by atoms with E-state index in [1.54, 1.807) is 0 Å². The third kappa shape index (κ3) is 14.2. The summed E-state index contributed by atoms with van der Waals surface area (Å²) in [4.78, 5) is 0. The van der Waals surface area contributed by atoms with Crippen molar-refractivity contribution in [1.29, 1.82) is 0 Å². The Kier molecular flexibility index (Phi) is 20.1. The molecule has 5 aliphatic carbocycles. The van der Waals surface area contributed by atoms with E-state index in [2.05, 4.69) is 41.5 Å². The fourth-order valence-electron chi connectivity index (χ4n) is 11.8. The zero-order valence-corrected chi connectivity index (χ0v) is 34.7. The summed E-state index contributed by atoms with van der Waals surface area (Å²) in [6.07, 6.45) is 34.3. The van der Waals surface area contributed by atoms with Crippen LogP contribution in [0.1, 0.15) is 211 Å². The van der Waals surface area contributed by atoms with Gasteiger partial charge in [-0.3, -0.25) is 0 Å². The summed E-state index contributed by atoms with van der Waals surface area (Å²) < 4.78 is 24.5. The molecule has 54 heavy (non-hydrogen) atoms. The number of aromatic hydroxyl groups is 1. The Labute approximate surface area is 334 Å². The van der Waals surface area contributed by atoms with Crippen molar-refractivity contribution >= 4 is 0 Å². The van der Waals surface area contributed by atoms with Crippen molar-refractivity contribution in [3.05, 3.63) is 40.0 Å². The molecule has 5 saturated carbocycles. The van der Waals surface area contributed by atoms with Crippen molar-refractivity contribution in [2.24, 2.45) is 59.2 Å². The molecule has 0 unspecified atom stereocenters. The van der Waals surface area contributed by atoms with E-state index in [1.807, 2.05) is 0 Å². The summed E-state index contributed by atoms with van der Waals surface area (Å²) in [7, 11) is 0. The third-order valence-electron chi connectivity index (χ3n) is 16.0. The predicted octanol–water partition coefficient (Wildman–Crippen LogP) is 16.8. The Balaban J connectivity index is 0.000000280. The first-order valence-electron chi connectivity index (χ1n) is 22.7. The highest BCUT2D eigenvalue weighted by Crippen LogP contribution is 2.43. The van der Waals surface area contributed by atoms with Crippen LogP contribution in [-0.4, -0.2) is 5.11 Å². The number of halogens is 2. The van der Waals surface area contributed by atoms with Gasteiger partial charge in [-0.05, 0) is 179 Å². The monoisotopic (exact) mass is 755 g/mol. The number of allylic oxidation sites excluding steroid dienone is 1. The first-order chi connectivity index (χ1) is 24.9. The minimum atomic E-state index is -1.49. The molecule has 3 heteroatoms. The summed E-state index contributed by atoms with van der Waals surface area (Å²) in [6, 6.07) is 0. The van der Waals surface area contributed by atoms with E-state index in [0.717, 1.165) is 70.5 Å². The molecule has 0 amide bonds. The van der Waals surface area contributed by atoms with Crippen molar-refractivity contribution < 1.29 is 13.9 Å². The topological polar surface area (TPSA) is 20.2 Å². The smallest absolute Gasteiger partial charge is 0.266 e. The molecule has 0 aromatic heterocycles. The van der Waals surface area contributed by atoms with Gasteiger partial charge >= 0.3 is 0 Å². The van der Waals surface area contributed by atoms with E-state index in [4.69, 9.17) is 0 Å². The SMILES string of the molecule is C.C.CC1CCC(CC2CCC(CC3CCC(CC=C(F)F)CC3)CC2)CC1.Cc1c(C)c(CC2CCC(CC3CCC(C)CC3)CC2)c(C)c(C)c1O. The maximum absolute atomic E-state index is 12.2. The van der Waals surface area contributed by atoms with E-state index in [1.165, 1.54) is 171 Å². The lowest BCUT2D eigenvalue weighted by atomic mass is 9.70. The average molecular weight is 755 g/mol. The van der Waals surface area contributed by atoms with E-state index >= 15 is 0 Å². The maximum atomic E-state index is 12.2. The van der Waals surface area contributed by atoms with Gasteiger partial charge in [0.05, 0.1) is 0 Å². The minimum absolute atomic E-state index is 0. The molecule has 0 aliphatic heterocycles. The molecule has 0 heterocycles. The molecule has 0 bridgehead atoms. The van der Waals surface area contributed by atoms with Gasteiger partial charge in [-0.25, -0.2) is 0 Å². The Hall–Kier alpha value is -1.38. The molecule has 1 aromatic carbocycles. The molecule has 5 fully saturated rings. The molecular weight excluding hydrogens is 667 g/mol. The summed E-state index contributed by atoms with van der Waals surface area (Å²) in [5, 5.41) is 10.3. The molecule has 0 spiro atoms. The van der Waals surface area contributed by atoms with Crippen molar-refractivity contribution in [2.75, 3.05) is 0 Å². The summed E-state index contributed by atoms with van der Waals surface area (Å²) >= 11 is 0. The second-order valence-electron chi connectivity index (χ2n) is 19.9. The second kappa shape index (κ2) is 23.1. The maximum Gasteiger partial charge on any atom is 0.266 e. The van der Waals surface area contributed by atoms with Crippen molar-refractivity contribution in [3.63, 3.8) is 0 Å². The standard InChI is InChI=1S/C25H40O.C24H40F2.2CH4/c1-16-6-8-21(9-7-16)14-22-10-12-23(13-11-22)15-24-17(2)19(4)25(26)20(5)18(24)3;1-18-2-4-20(5-3-18)16-22-10-12-23(13-11-22)17-21-8-6-19(7-9-21)14-15-24(25)26;;/h16,21-23,26H,6-15H2,1-5H3;15,18-23H,2-14,16-17H2,1H3;2*1H4. The van der Waals surface area contributed by atoms with Gasteiger partial charge in [0.15, 0.2) is 0 Å². The van der Waals surface area contributed by atoms with Gasteiger partial charge in [-0.2, -0.15) is 8.78 Å². The van der Waals surface area contributed by atoms with E-state index in [9.17, 15) is 13.9 Å². The van der Waals surface area contributed by atoms with Gasteiger partial charge in [-0.15, -0.1) is 0 Å². The Morgan fingerprint density at radius 2 is 0.741 bits per heavy atom.